The van der Waals surface area contributed by atoms with E-state index >= 15 is 0 Å². The Morgan fingerprint density at radius 1 is 1.24 bits per heavy atom. The quantitative estimate of drug-likeness (QED) is 0.832. The third kappa shape index (κ3) is 4.19. The molecule has 1 aromatic heterocycles. The number of thiophene rings is 1. The van der Waals surface area contributed by atoms with Crippen molar-refractivity contribution >= 4 is 23.0 Å². The molecule has 2 rings (SSSR count). The maximum atomic E-state index is 13.5. The van der Waals surface area contributed by atoms with Crippen LogP contribution in [0.4, 0.5) is 10.1 Å². The molecule has 0 saturated heterocycles. The lowest BCUT2D eigenvalue weighted by Crippen LogP contribution is -2.02. The lowest BCUT2D eigenvalue weighted by Gasteiger charge is -2.07. The third-order valence-electron chi connectivity index (χ3n) is 2.88. The number of rotatable bonds is 6. The van der Waals surface area contributed by atoms with Crippen molar-refractivity contribution in [2.24, 2.45) is 0 Å². The van der Waals surface area contributed by atoms with Gasteiger partial charge >= 0.3 is 5.97 Å². The number of carbonyl (C=O) groups is 1. The first-order chi connectivity index (χ1) is 10.1. The van der Waals surface area contributed by atoms with E-state index in [-0.39, 0.29) is 18.1 Å². The summed E-state index contributed by atoms with van der Waals surface area (Å²) in [5.41, 5.74) is 0.677. The van der Waals surface area contributed by atoms with Crippen LogP contribution in [0.3, 0.4) is 0 Å². The number of benzene rings is 1. The Balaban J connectivity index is 1.94. The lowest BCUT2D eigenvalue weighted by atomic mass is 10.3. The zero-order valence-electron chi connectivity index (χ0n) is 11.8. The number of methoxy groups -OCH3 is 2. The number of hydrogen-bond donors (Lipinski definition) is 1. The molecule has 1 heterocycles. The van der Waals surface area contributed by atoms with Gasteiger partial charge in [0.2, 0.25) is 0 Å². The van der Waals surface area contributed by atoms with Crippen molar-refractivity contribution in [3.05, 3.63) is 45.9 Å². The lowest BCUT2D eigenvalue weighted by molar-refractivity contribution is -0.139. The smallest absolute Gasteiger partial charge is 0.310 e. The summed E-state index contributed by atoms with van der Waals surface area (Å²) in [4.78, 5) is 13.2. The van der Waals surface area contributed by atoms with Gasteiger partial charge in [0.1, 0.15) is 0 Å². The van der Waals surface area contributed by atoms with Crippen molar-refractivity contribution in [2.75, 3.05) is 19.5 Å². The van der Waals surface area contributed by atoms with Crippen LogP contribution in [0.1, 0.15) is 9.75 Å². The van der Waals surface area contributed by atoms with Crippen LogP contribution < -0.4 is 10.1 Å². The minimum absolute atomic E-state index is 0.219. The van der Waals surface area contributed by atoms with E-state index in [1.165, 1.54) is 31.6 Å². The van der Waals surface area contributed by atoms with Gasteiger partial charge in [-0.2, -0.15) is 0 Å². The van der Waals surface area contributed by atoms with Crippen LogP contribution in [-0.4, -0.2) is 20.2 Å². The predicted molar refractivity (Wildman–Crippen MR) is 80.3 cm³/mol. The van der Waals surface area contributed by atoms with Crippen molar-refractivity contribution in [3.8, 4) is 5.75 Å². The Labute approximate surface area is 126 Å². The van der Waals surface area contributed by atoms with Crippen LogP contribution in [0.2, 0.25) is 0 Å². The van der Waals surface area contributed by atoms with Gasteiger partial charge in [-0.15, -0.1) is 11.3 Å². The van der Waals surface area contributed by atoms with Crippen LogP contribution in [0, 0.1) is 5.82 Å². The van der Waals surface area contributed by atoms with Gasteiger partial charge in [0.15, 0.2) is 11.6 Å². The molecule has 21 heavy (non-hydrogen) atoms. The van der Waals surface area contributed by atoms with Gasteiger partial charge < -0.3 is 14.8 Å². The molecule has 0 unspecified atom stereocenters. The van der Waals surface area contributed by atoms with E-state index in [9.17, 15) is 9.18 Å². The van der Waals surface area contributed by atoms with Crippen molar-refractivity contribution in [3.63, 3.8) is 0 Å². The fourth-order valence-corrected chi connectivity index (χ4v) is 2.74. The van der Waals surface area contributed by atoms with Gasteiger partial charge in [-0.05, 0) is 24.3 Å². The number of nitrogens with one attached hydrogen (secondary N) is 1. The monoisotopic (exact) mass is 309 g/mol. The standard InChI is InChI=1S/C15H16FNO3S/c1-19-14-6-3-10(7-13(14)16)17-9-12-5-4-11(21-12)8-15(18)20-2/h3-7,17H,8-9H2,1-2H3. The molecule has 0 saturated carbocycles. The Hall–Kier alpha value is -2.08. The maximum Gasteiger partial charge on any atom is 0.310 e. The van der Waals surface area contributed by atoms with Gasteiger partial charge in [-0.25, -0.2) is 4.39 Å². The molecule has 0 bridgehead atoms. The first kappa shape index (κ1) is 15.3. The third-order valence-corrected chi connectivity index (χ3v) is 3.97. The van der Waals surface area contributed by atoms with Crippen LogP contribution >= 0.6 is 11.3 Å². The zero-order valence-corrected chi connectivity index (χ0v) is 12.6. The van der Waals surface area contributed by atoms with Gasteiger partial charge in [0.25, 0.3) is 0 Å². The van der Waals surface area contributed by atoms with Crippen LogP contribution in [0.15, 0.2) is 30.3 Å². The van der Waals surface area contributed by atoms with E-state index in [0.717, 1.165) is 9.75 Å². The number of carbonyl (C=O) groups excluding carboxylic acids is 1. The molecule has 4 nitrogen and oxygen atoms in total. The van der Waals surface area contributed by atoms with Crippen molar-refractivity contribution in [2.45, 2.75) is 13.0 Å². The van der Waals surface area contributed by atoms with E-state index in [0.29, 0.717) is 12.2 Å². The summed E-state index contributed by atoms with van der Waals surface area (Å²) in [7, 11) is 2.80. The molecule has 2 aromatic rings. The first-order valence-electron chi connectivity index (χ1n) is 6.34. The van der Waals surface area contributed by atoms with E-state index < -0.39 is 5.82 Å². The molecule has 0 radical (unpaired) electrons. The summed E-state index contributed by atoms with van der Waals surface area (Å²) in [5.74, 6) is -0.439. The second-order valence-electron chi connectivity index (χ2n) is 4.32. The summed E-state index contributed by atoms with van der Waals surface area (Å²) in [6.45, 7) is 0.567. The number of anilines is 1. The molecular formula is C15H16FNO3S. The first-order valence-corrected chi connectivity index (χ1v) is 7.16. The topological polar surface area (TPSA) is 47.6 Å². The molecule has 6 heteroatoms. The summed E-state index contributed by atoms with van der Waals surface area (Å²) >= 11 is 1.53. The Kier molecular flexibility index (Phi) is 5.16. The average Bonchev–Trinajstić information content (AvgIpc) is 2.92. The molecular weight excluding hydrogens is 293 g/mol. The molecule has 0 spiro atoms. The second kappa shape index (κ2) is 7.08. The van der Waals surface area contributed by atoms with Crippen LogP contribution in [-0.2, 0) is 22.5 Å². The molecule has 0 aliphatic heterocycles. The SMILES string of the molecule is COC(=O)Cc1ccc(CNc2ccc(OC)c(F)c2)s1. The molecule has 1 aromatic carbocycles. The molecule has 0 aliphatic carbocycles. The van der Waals surface area contributed by atoms with Gasteiger partial charge in [0, 0.05) is 28.1 Å². The van der Waals surface area contributed by atoms with E-state index in [4.69, 9.17) is 4.74 Å². The van der Waals surface area contributed by atoms with Crippen LogP contribution in [0.25, 0.3) is 0 Å². The molecule has 0 fully saturated rings. The largest absolute Gasteiger partial charge is 0.494 e. The van der Waals surface area contributed by atoms with Gasteiger partial charge in [0.05, 0.1) is 20.6 Å². The number of ether oxygens (including phenoxy) is 2. The maximum absolute atomic E-state index is 13.5. The zero-order chi connectivity index (χ0) is 15.2. The normalized spacial score (nSPS) is 10.2. The van der Waals surface area contributed by atoms with Crippen molar-refractivity contribution in [1.29, 1.82) is 0 Å². The highest BCUT2D eigenvalue weighted by atomic mass is 32.1. The van der Waals surface area contributed by atoms with E-state index in [1.807, 2.05) is 12.1 Å². The Morgan fingerprint density at radius 2 is 2.00 bits per heavy atom. The number of hydrogen-bond acceptors (Lipinski definition) is 5. The summed E-state index contributed by atoms with van der Waals surface area (Å²) in [6, 6.07) is 8.56. The highest BCUT2D eigenvalue weighted by molar-refractivity contribution is 7.12. The molecule has 0 aliphatic rings. The molecule has 0 atom stereocenters. The highest BCUT2D eigenvalue weighted by Gasteiger charge is 2.07. The fourth-order valence-electron chi connectivity index (χ4n) is 1.79. The van der Waals surface area contributed by atoms with E-state index in [2.05, 4.69) is 10.1 Å². The number of halogens is 1. The van der Waals surface area contributed by atoms with Crippen molar-refractivity contribution in [1.82, 2.24) is 0 Å². The number of esters is 1. The Morgan fingerprint density at radius 3 is 2.67 bits per heavy atom. The summed E-state index contributed by atoms with van der Waals surface area (Å²) in [6.07, 6.45) is 0.276. The molecule has 1 N–H and O–H groups in total. The highest BCUT2D eigenvalue weighted by Crippen LogP contribution is 2.22. The summed E-state index contributed by atoms with van der Waals surface area (Å²) in [5, 5.41) is 3.13. The van der Waals surface area contributed by atoms with Gasteiger partial charge in [-0.1, -0.05) is 0 Å². The van der Waals surface area contributed by atoms with Crippen molar-refractivity contribution < 1.29 is 18.7 Å². The summed E-state index contributed by atoms with van der Waals surface area (Å²) < 4.78 is 23.0. The minimum atomic E-state index is -0.403. The minimum Gasteiger partial charge on any atom is -0.494 e. The van der Waals surface area contributed by atoms with Crippen LogP contribution in [0.5, 0.6) is 5.75 Å². The predicted octanol–water partition coefficient (Wildman–Crippen LogP) is 3.22. The molecule has 0 amide bonds. The second-order valence-corrected chi connectivity index (χ2v) is 5.58. The van der Waals surface area contributed by atoms with E-state index in [1.54, 1.807) is 12.1 Å². The Bertz CT molecular complexity index is 627. The average molecular weight is 309 g/mol. The molecule has 112 valence electrons. The fraction of sp³-hybridized carbons (Fsp3) is 0.267. The van der Waals surface area contributed by atoms with Gasteiger partial charge in [-0.3, -0.25) is 4.79 Å².